The number of non-ortho nitro benzene ring substituents is 1. The zero-order valence-electron chi connectivity index (χ0n) is 12.8. The molecule has 1 rings (SSSR count). The van der Waals surface area contributed by atoms with Crippen molar-refractivity contribution in [3.63, 3.8) is 0 Å². The summed E-state index contributed by atoms with van der Waals surface area (Å²) in [6.45, 7) is 7.92. The van der Waals surface area contributed by atoms with E-state index >= 15 is 0 Å². The first-order chi connectivity index (χ1) is 9.77. The Morgan fingerprint density at radius 3 is 2.67 bits per heavy atom. The van der Waals surface area contributed by atoms with Crippen molar-refractivity contribution in [2.75, 3.05) is 6.61 Å². The molecule has 0 heterocycles. The Labute approximate surface area is 124 Å². The summed E-state index contributed by atoms with van der Waals surface area (Å²) in [7, 11) is 0. The maximum atomic E-state index is 10.7. The molecule has 0 aliphatic heterocycles. The minimum atomic E-state index is -0.650. The summed E-state index contributed by atoms with van der Waals surface area (Å²) in [5.41, 5.74) is 0.103. The summed E-state index contributed by atoms with van der Waals surface area (Å²) in [4.78, 5) is 10.2. The van der Waals surface area contributed by atoms with E-state index in [1.165, 1.54) is 12.1 Å². The highest BCUT2D eigenvalue weighted by molar-refractivity contribution is 5.42. The number of hydrogen-bond acceptors (Lipinski definition) is 5. The highest BCUT2D eigenvalue weighted by Crippen LogP contribution is 2.23. The summed E-state index contributed by atoms with van der Waals surface area (Å²) in [5.74, 6) is 0.602. The van der Waals surface area contributed by atoms with Crippen molar-refractivity contribution in [3.05, 3.63) is 33.9 Å². The number of rotatable bonds is 7. The molecule has 0 aliphatic rings. The van der Waals surface area contributed by atoms with E-state index in [0.29, 0.717) is 24.3 Å². The zero-order chi connectivity index (χ0) is 16.0. The van der Waals surface area contributed by atoms with Gasteiger partial charge < -0.3 is 4.74 Å². The number of nitriles is 1. The van der Waals surface area contributed by atoms with Crippen LogP contribution in [0.5, 0.6) is 5.75 Å². The van der Waals surface area contributed by atoms with Crippen molar-refractivity contribution in [1.29, 1.82) is 5.26 Å². The molecule has 1 N–H and O–H groups in total. The summed E-state index contributed by atoms with van der Waals surface area (Å²) in [6, 6.07) is 6.94. The maximum Gasteiger partial charge on any atom is 0.269 e. The third-order valence-electron chi connectivity index (χ3n) is 3.08. The van der Waals surface area contributed by atoms with Gasteiger partial charge in [0.2, 0.25) is 0 Å². The number of nitrogens with one attached hydrogen (secondary N) is 1. The normalized spacial score (nSPS) is 13.5. The molecule has 1 aromatic carbocycles. The van der Waals surface area contributed by atoms with Gasteiger partial charge in [0.15, 0.2) is 0 Å². The zero-order valence-corrected chi connectivity index (χ0v) is 12.8. The first-order valence-corrected chi connectivity index (χ1v) is 6.84. The van der Waals surface area contributed by atoms with Crippen LogP contribution in [-0.2, 0) is 0 Å². The Balaban J connectivity index is 2.64. The summed E-state index contributed by atoms with van der Waals surface area (Å²) >= 11 is 0. The molecule has 0 saturated carbocycles. The van der Waals surface area contributed by atoms with Crippen molar-refractivity contribution in [3.8, 4) is 11.8 Å². The smallest absolute Gasteiger partial charge is 0.269 e. The Kier molecular flexibility index (Phi) is 5.68. The number of ether oxygens (including phenoxy) is 1. The fourth-order valence-corrected chi connectivity index (χ4v) is 2.07. The fraction of sp³-hybridized carbons (Fsp3) is 0.533. The van der Waals surface area contributed by atoms with Gasteiger partial charge in [0.1, 0.15) is 11.3 Å². The van der Waals surface area contributed by atoms with Gasteiger partial charge in [-0.3, -0.25) is 15.4 Å². The van der Waals surface area contributed by atoms with Crippen LogP contribution in [0.15, 0.2) is 18.2 Å². The standard InChI is InChI=1S/C15H21N3O3/c1-11(2)17-15(4,10-16)7-8-21-14-6-5-13(18(19)20)9-12(14)3/h5-6,9,11,17H,7-8H2,1-4H3. The van der Waals surface area contributed by atoms with E-state index in [1.54, 1.807) is 13.0 Å². The van der Waals surface area contributed by atoms with Gasteiger partial charge in [0.25, 0.3) is 5.69 Å². The van der Waals surface area contributed by atoms with E-state index in [0.717, 1.165) is 0 Å². The van der Waals surface area contributed by atoms with E-state index in [2.05, 4.69) is 11.4 Å². The van der Waals surface area contributed by atoms with Gasteiger partial charge in [0, 0.05) is 24.6 Å². The van der Waals surface area contributed by atoms with Crippen molar-refractivity contribution in [2.45, 2.75) is 45.7 Å². The summed E-state index contributed by atoms with van der Waals surface area (Å²) in [5, 5.41) is 23.1. The first-order valence-electron chi connectivity index (χ1n) is 6.84. The molecule has 6 nitrogen and oxygen atoms in total. The molecule has 0 saturated heterocycles. The van der Waals surface area contributed by atoms with E-state index in [9.17, 15) is 15.4 Å². The van der Waals surface area contributed by atoms with Crippen LogP contribution in [0.25, 0.3) is 0 Å². The van der Waals surface area contributed by atoms with Crippen LogP contribution in [-0.4, -0.2) is 23.1 Å². The first kappa shape index (κ1) is 16.9. The molecule has 0 radical (unpaired) electrons. The van der Waals surface area contributed by atoms with Gasteiger partial charge in [-0.15, -0.1) is 0 Å². The maximum absolute atomic E-state index is 10.7. The Bertz CT molecular complexity index is 552. The van der Waals surface area contributed by atoms with E-state index in [4.69, 9.17) is 4.74 Å². The molecule has 1 aromatic rings. The predicted molar refractivity (Wildman–Crippen MR) is 80.2 cm³/mol. The lowest BCUT2D eigenvalue weighted by molar-refractivity contribution is -0.384. The minimum Gasteiger partial charge on any atom is -0.493 e. The molecule has 21 heavy (non-hydrogen) atoms. The van der Waals surface area contributed by atoms with Gasteiger partial charge in [-0.1, -0.05) is 0 Å². The van der Waals surface area contributed by atoms with Gasteiger partial charge in [-0.25, -0.2) is 0 Å². The van der Waals surface area contributed by atoms with E-state index in [1.807, 2.05) is 20.8 Å². The lowest BCUT2D eigenvalue weighted by Crippen LogP contribution is -2.45. The highest BCUT2D eigenvalue weighted by Gasteiger charge is 2.24. The molecule has 1 atom stereocenters. The molecule has 0 spiro atoms. The molecule has 0 aromatic heterocycles. The van der Waals surface area contributed by atoms with Crippen LogP contribution in [0.3, 0.4) is 0 Å². The van der Waals surface area contributed by atoms with E-state index in [-0.39, 0.29) is 11.7 Å². The number of nitrogens with zero attached hydrogens (tertiary/aromatic N) is 2. The topological polar surface area (TPSA) is 88.2 Å². The van der Waals surface area contributed by atoms with Crippen LogP contribution < -0.4 is 10.1 Å². The van der Waals surface area contributed by atoms with Crippen LogP contribution in [0.1, 0.15) is 32.8 Å². The lowest BCUT2D eigenvalue weighted by atomic mass is 9.99. The summed E-state index contributed by atoms with van der Waals surface area (Å²) < 4.78 is 5.64. The molecule has 0 fully saturated rings. The third-order valence-corrected chi connectivity index (χ3v) is 3.08. The van der Waals surface area contributed by atoms with Crippen LogP contribution in [0.4, 0.5) is 5.69 Å². The second kappa shape index (κ2) is 7.04. The molecule has 0 bridgehead atoms. The SMILES string of the molecule is Cc1cc([N+](=O)[O-])ccc1OCCC(C)(C#N)NC(C)C. The van der Waals surface area contributed by atoms with Gasteiger partial charge in [-0.2, -0.15) is 5.26 Å². The molecule has 1 unspecified atom stereocenters. The second-order valence-corrected chi connectivity index (χ2v) is 5.55. The molecule has 0 aliphatic carbocycles. The van der Waals surface area contributed by atoms with Crippen molar-refractivity contribution < 1.29 is 9.66 Å². The molecule has 6 heteroatoms. The van der Waals surface area contributed by atoms with Crippen molar-refractivity contribution >= 4 is 5.69 Å². The number of nitro benzene ring substituents is 1. The van der Waals surface area contributed by atoms with Crippen molar-refractivity contribution in [2.24, 2.45) is 0 Å². The second-order valence-electron chi connectivity index (χ2n) is 5.55. The van der Waals surface area contributed by atoms with Crippen LogP contribution in [0, 0.1) is 28.4 Å². The van der Waals surface area contributed by atoms with E-state index < -0.39 is 10.5 Å². The molecular weight excluding hydrogens is 270 g/mol. The van der Waals surface area contributed by atoms with Gasteiger partial charge in [0.05, 0.1) is 17.6 Å². The highest BCUT2D eigenvalue weighted by atomic mass is 16.6. The molecule has 114 valence electrons. The molecular formula is C15H21N3O3. The third kappa shape index (κ3) is 5.04. The summed E-state index contributed by atoms with van der Waals surface area (Å²) in [6.07, 6.45) is 0.526. The lowest BCUT2D eigenvalue weighted by Gasteiger charge is -2.25. The average molecular weight is 291 g/mol. The number of nitro groups is 1. The van der Waals surface area contributed by atoms with Gasteiger partial charge >= 0.3 is 0 Å². The number of benzene rings is 1. The monoisotopic (exact) mass is 291 g/mol. The fourth-order valence-electron chi connectivity index (χ4n) is 2.07. The predicted octanol–water partition coefficient (Wildman–Crippen LogP) is 2.95. The van der Waals surface area contributed by atoms with Crippen LogP contribution in [0.2, 0.25) is 0 Å². The van der Waals surface area contributed by atoms with Gasteiger partial charge in [-0.05, 0) is 39.3 Å². The van der Waals surface area contributed by atoms with Crippen LogP contribution >= 0.6 is 0 Å². The minimum absolute atomic E-state index is 0.0446. The van der Waals surface area contributed by atoms with Crippen molar-refractivity contribution in [1.82, 2.24) is 5.32 Å². The Morgan fingerprint density at radius 1 is 1.52 bits per heavy atom. The number of aryl methyl sites for hydroxylation is 1. The Morgan fingerprint density at radius 2 is 2.19 bits per heavy atom. The number of hydrogen-bond donors (Lipinski definition) is 1. The largest absolute Gasteiger partial charge is 0.493 e. The average Bonchev–Trinajstić information content (AvgIpc) is 2.39. The quantitative estimate of drug-likeness (QED) is 0.616. The molecule has 0 amide bonds. The Hall–Kier alpha value is -2.13.